The third-order valence-corrected chi connectivity index (χ3v) is 9.35. The molecule has 12 heteroatoms. The van der Waals surface area contributed by atoms with Crippen LogP contribution in [0.1, 0.15) is 35.2 Å². The second-order valence-corrected chi connectivity index (χ2v) is 12.8. The van der Waals surface area contributed by atoms with E-state index in [0.717, 1.165) is 20.3 Å². The fraction of sp³-hybridized carbons (Fsp3) is 0.139. The number of esters is 1. The molecule has 0 radical (unpaired) electrons. The molecular weight excluding hydrogens is 745 g/mol. The Bertz CT molecular complexity index is 2210. The fourth-order valence-corrected chi connectivity index (χ4v) is 7.16. The van der Waals surface area contributed by atoms with Gasteiger partial charge in [0.25, 0.3) is 11.2 Å². The van der Waals surface area contributed by atoms with Gasteiger partial charge in [-0.1, -0.05) is 72.0 Å². The first kappa shape index (κ1) is 32.8. The molecule has 0 amide bonds. The van der Waals surface area contributed by atoms with Crippen LogP contribution in [0.3, 0.4) is 0 Å². The predicted octanol–water partition coefficient (Wildman–Crippen LogP) is 6.04. The summed E-state index contributed by atoms with van der Waals surface area (Å²) in [7, 11) is 1.53. The van der Waals surface area contributed by atoms with E-state index < -0.39 is 16.9 Å². The van der Waals surface area contributed by atoms with Gasteiger partial charge in [0.1, 0.15) is 6.61 Å². The summed E-state index contributed by atoms with van der Waals surface area (Å²) in [6.07, 6.45) is 1.77. The summed E-state index contributed by atoms with van der Waals surface area (Å²) < 4.78 is 20.0. The van der Waals surface area contributed by atoms with Gasteiger partial charge in [-0.25, -0.2) is 9.79 Å². The minimum atomic E-state index is -0.760. The number of rotatable bonds is 10. The molecule has 1 aliphatic heterocycles. The number of carbonyl (C=O) groups excluding carboxylic acids is 1. The topological polar surface area (TPSA) is 122 Å². The molecule has 0 saturated heterocycles. The van der Waals surface area contributed by atoms with Crippen molar-refractivity contribution in [3.8, 4) is 11.5 Å². The molecule has 10 nitrogen and oxygen atoms in total. The summed E-state index contributed by atoms with van der Waals surface area (Å²) in [5.41, 5.74) is 3.41. The van der Waals surface area contributed by atoms with Gasteiger partial charge in [0, 0.05) is 17.7 Å². The van der Waals surface area contributed by atoms with Crippen LogP contribution in [-0.2, 0) is 16.1 Å². The van der Waals surface area contributed by atoms with E-state index in [-0.39, 0.29) is 24.5 Å². The zero-order chi connectivity index (χ0) is 33.8. The van der Waals surface area contributed by atoms with Crippen LogP contribution in [0.2, 0.25) is 0 Å². The molecule has 0 bridgehead atoms. The third kappa shape index (κ3) is 6.66. The maximum Gasteiger partial charge on any atom is 0.338 e. The molecule has 48 heavy (non-hydrogen) atoms. The molecule has 5 aromatic rings. The summed E-state index contributed by atoms with van der Waals surface area (Å²) in [4.78, 5) is 43.7. The molecule has 1 aliphatic rings. The first-order chi connectivity index (χ1) is 23.3. The summed E-state index contributed by atoms with van der Waals surface area (Å²) in [6, 6.07) is 27.8. The lowest BCUT2D eigenvalue weighted by Gasteiger charge is -2.25. The fourth-order valence-electron chi connectivity index (χ4n) is 5.38. The Morgan fingerprint density at radius 1 is 1.04 bits per heavy atom. The van der Waals surface area contributed by atoms with Crippen molar-refractivity contribution in [1.82, 2.24) is 4.57 Å². The van der Waals surface area contributed by atoms with Crippen LogP contribution in [-0.4, -0.2) is 29.2 Å². The monoisotopic (exact) mass is 773 g/mol. The van der Waals surface area contributed by atoms with E-state index in [1.807, 2.05) is 66.7 Å². The lowest BCUT2D eigenvalue weighted by molar-refractivity contribution is -0.384. The van der Waals surface area contributed by atoms with Crippen LogP contribution in [0.5, 0.6) is 11.5 Å². The van der Waals surface area contributed by atoms with Gasteiger partial charge in [-0.2, -0.15) is 0 Å². The Morgan fingerprint density at radius 3 is 2.38 bits per heavy atom. The average molecular weight is 774 g/mol. The van der Waals surface area contributed by atoms with Crippen LogP contribution < -0.4 is 24.4 Å². The van der Waals surface area contributed by atoms with Crippen molar-refractivity contribution >= 4 is 57.4 Å². The van der Waals surface area contributed by atoms with Crippen molar-refractivity contribution in [2.75, 3.05) is 13.7 Å². The van der Waals surface area contributed by atoms with Gasteiger partial charge in [0.15, 0.2) is 16.3 Å². The minimum absolute atomic E-state index is 0.00374. The van der Waals surface area contributed by atoms with E-state index >= 15 is 0 Å². The zero-order valence-electron chi connectivity index (χ0n) is 25.8. The van der Waals surface area contributed by atoms with Crippen LogP contribution in [0.4, 0.5) is 5.69 Å². The molecule has 242 valence electrons. The molecule has 6 rings (SSSR count). The number of methoxy groups -OCH3 is 1. The molecule has 1 aromatic heterocycles. The molecule has 0 unspecified atom stereocenters. The van der Waals surface area contributed by atoms with E-state index in [1.54, 1.807) is 35.8 Å². The molecule has 0 spiro atoms. The molecule has 0 N–H and O–H groups in total. The number of fused-ring (bicyclic) bond motifs is 1. The largest absolute Gasteiger partial charge is 0.493 e. The number of ether oxygens (including phenoxy) is 3. The van der Waals surface area contributed by atoms with Crippen molar-refractivity contribution in [2.24, 2.45) is 4.99 Å². The van der Waals surface area contributed by atoms with Gasteiger partial charge in [-0.05, 0) is 76.5 Å². The van der Waals surface area contributed by atoms with Gasteiger partial charge < -0.3 is 14.2 Å². The highest BCUT2D eigenvalue weighted by atomic mass is 127. The molecule has 1 atom stereocenters. The summed E-state index contributed by atoms with van der Waals surface area (Å²) in [5.74, 6) is 0.429. The van der Waals surface area contributed by atoms with E-state index in [2.05, 4.69) is 22.6 Å². The van der Waals surface area contributed by atoms with Crippen LogP contribution >= 0.6 is 33.9 Å². The number of halogens is 1. The first-order valence-corrected chi connectivity index (χ1v) is 16.8. The Labute approximate surface area is 292 Å². The van der Waals surface area contributed by atoms with Crippen molar-refractivity contribution in [3.63, 3.8) is 0 Å². The number of aromatic nitrogens is 1. The SMILES string of the molecule is CCOC(=O)C1=C(c2ccccc2)N=c2s/c(=C\c3cc(I)c(OCc4ccc([N+](=O)[O-])cc4)c(OC)c3)c(=O)n2[C@H]1c1ccccc1. The maximum atomic E-state index is 14.2. The standard InChI is InChI=1S/C36H28IN3O7S/c1-3-46-35(42)30-31(24-10-6-4-7-11-24)38-36-39(32(30)25-12-8-5-9-13-25)34(41)29(48-36)20-23-18-27(37)33(28(19-23)45-2)47-21-22-14-16-26(17-15-22)40(43)44/h4-20,32H,3,21H2,1-2H3/b29-20-/t32-/m0/s1. The van der Waals surface area contributed by atoms with E-state index in [4.69, 9.17) is 19.2 Å². The third-order valence-electron chi connectivity index (χ3n) is 7.57. The average Bonchev–Trinajstić information content (AvgIpc) is 3.41. The molecule has 2 heterocycles. The van der Waals surface area contributed by atoms with E-state index in [1.165, 1.54) is 30.6 Å². The molecular formula is C36H28IN3O7S. The van der Waals surface area contributed by atoms with Crippen LogP contribution in [0, 0.1) is 13.7 Å². The number of thiazole rings is 1. The number of hydrogen-bond donors (Lipinski definition) is 0. The Morgan fingerprint density at radius 2 is 1.73 bits per heavy atom. The van der Waals surface area contributed by atoms with Gasteiger partial charge in [-0.15, -0.1) is 0 Å². The lowest BCUT2D eigenvalue weighted by atomic mass is 9.93. The van der Waals surface area contributed by atoms with Crippen molar-refractivity contribution < 1.29 is 23.9 Å². The van der Waals surface area contributed by atoms with Gasteiger partial charge in [-0.3, -0.25) is 19.5 Å². The van der Waals surface area contributed by atoms with Gasteiger partial charge in [0.2, 0.25) is 0 Å². The van der Waals surface area contributed by atoms with Crippen LogP contribution in [0.15, 0.2) is 112 Å². The highest BCUT2D eigenvalue weighted by molar-refractivity contribution is 14.1. The number of benzene rings is 4. The second-order valence-electron chi connectivity index (χ2n) is 10.6. The second kappa shape index (κ2) is 14.4. The van der Waals surface area contributed by atoms with Gasteiger partial charge in [0.05, 0.1) is 44.1 Å². The lowest BCUT2D eigenvalue weighted by Crippen LogP contribution is -2.40. The van der Waals surface area contributed by atoms with E-state index in [9.17, 15) is 19.7 Å². The minimum Gasteiger partial charge on any atom is -0.493 e. The smallest absolute Gasteiger partial charge is 0.338 e. The van der Waals surface area contributed by atoms with E-state index in [0.29, 0.717) is 37.7 Å². The van der Waals surface area contributed by atoms with Crippen molar-refractivity contribution in [3.05, 3.63) is 158 Å². The normalized spacial score (nSPS) is 14.2. The highest BCUT2D eigenvalue weighted by Gasteiger charge is 2.35. The Balaban J connectivity index is 1.44. The number of hydrogen-bond acceptors (Lipinski definition) is 9. The number of nitrogens with zero attached hydrogens (tertiary/aromatic N) is 3. The number of nitro groups is 1. The maximum absolute atomic E-state index is 14.2. The van der Waals surface area contributed by atoms with Gasteiger partial charge >= 0.3 is 5.97 Å². The Kier molecular flexibility index (Phi) is 9.82. The summed E-state index contributed by atoms with van der Waals surface area (Å²) in [5, 5.41) is 11.0. The highest BCUT2D eigenvalue weighted by Crippen LogP contribution is 2.36. The van der Waals surface area contributed by atoms with Crippen molar-refractivity contribution in [1.29, 1.82) is 0 Å². The molecule has 0 aliphatic carbocycles. The number of carbonyl (C=O) groups is 1. The Hall–Kier alpha value is -5.08. The first-order valence-electron chi connectivity index (χ1n) is 14.9. The number of non-ortho nitro benzene ring substituents is 1. The summed E-state index contributed by atoms with van der Waals surface area (Å²) >= 11 is 3.38. The molecule has 4 aromatic carbocycles. The van der Waals surface area contributed by atoms with Crippen molar-refractivity contribution in [2.45, 2.75) is 19.6 Å². The predicted molar refractivity (Wildman–Crippen MR) is 191 cm³/mol. The summed E-state index contributed by atoms with van der Waals surface area (Å²) in [6.45, 7) is 2.09. The molecule has 0 saturated carbocycles. The molecule has 0 fully saturated rings. The van der Waals surface area contributed by atoms with Crippen LogP contribution in [0.25, 0.3) is 11.8 Å². The number of nitro benzene ring substituents is 1. The quantitative estimate of drug-likeness (QED) is 0.0735. The zero-order valence-corrected chi connectivity index (χ0v) is 28.8.